The molecule has 0 saturated carbocycles. The van der Waals surface area contributed by atoms with Gasteiger partial charge in [0.1, 0.15) is 0 Å². The molecule has 3 rings (SSSR count). The Morgan fingerprint density at radius 1 is 1.00 bits per heavy atom. The molecule has 0 spiro atoms. The van der Waals surface area contributed by atoms with Crippen molar-refractivity contribution < 1.29 is 4.79 Å². The second-order valence-corrected chi connectivity index (χ2v) is 5.06. The monoisotopic (exact) mass is 277 g/mol. The van der Waals surface area contributed by atoms with Gasteiger partial charge < -0.3 is 0 Å². The lowest BCUT2D eigenvalue weighted by molar-refractivity contribution is 0.103. The minimum absolute atomic E-state index is 0.107. The summed E-state index contributed by atoms with van der Waals surface area (Å²) in [4.78, 5) is 13.9. The van der Waals surface area contributed by atoms with E-state index in [1.807, 2.05) is 62.4 Å². The van der Waals surface area contributed by atoms with Crippen LogP contribution < -0.4 is 0 Å². The van der Waals surface area contributed by atoms with Crippen LogP contribution in [0.1, 0.15) is 27.2 Å². The fourth-order valence-corrected chi connectivity index (χ4v) is 2.31. The summed E-state index contributed by atoms with van der Waals surface area (Å²) in [5.41, 5.74) is 3.95. The highest BCUT2D eigenvalue weighted by Gasteiger charge is 2.14. The molecule has 0 aliphatic carbocycles. The highest BCUT2D eigenvalue weighted by Crippen LogP contribution is 2.13. The lowest BCUT2D eigenvalue weighted by Gasteiger charge is -2.02. The van der Waals surface area contributed by atoms with Crippen LogP contribution in [0.4, 0.5) is 0 Å². The molecule has 4 nitrogen and oxygen atoms in total. The zero-order valence-corrected chi connectivity index (χ0v) is 11.9. The molecule has 3 aromatic rings. The standard InChI is InChI=1S/C17H15N3O/c1-12-8-13(2)10-14(9-12)17(21)16-11-18-20(19-16)15-6-4-3-5-7-15/h3-11H,1-2H3. The summed E-state index contributed by atoms with van der Waals surface area (Å²) in [6, 6.07) is 15.3. The summed E-state index contributed by atoms with van der Waals surface area (Å²) >= 11 is 0. The number of carbonyl (C=O) groups excluding carboxylic acids is 1. The van der Waals surface area contributed by atoms with Crippen molar-refractivity contribution in [1.29, 1.82) is 0 Å². The highest BCUT2D eigenvalue weighted by atomic mass is 16.1. The third-order valence-electron chi connectivity index (χ3n) is 3.20. The van der Waals surface area contributed by atoms with Crippen molar-refractivity contribution in [3.63, 3.8) is 0 Å². The first-order chi connectivity index (χ1) is 10.1. The van der Waals surface area contributed by atoms with Gasteiger partial charge in [0.2, 0.25) is 5.78 Å². The highest BCUT2D eigenvalue weighted by molar-refractivity contribution is 6.07. The molecule has 0 atom stereocenters. The van der Waals surface area contributed by atoms with Gasteiger partial charge in [-0.2, -0.15) is 9.90 Å². The fourth-order valence-electron chi connectivity index (χ4n) is 2.31. The van der Waals surface area contributed by atoms with Crippen molar-refractivity contribution >= 4 is 5.78 Å². The number of nitrogens with zero attached hydrogens (tertiary/aromatic N) is 3. The predicted octanol–water partition coefficient (Wildman–Crippen LogP) is 3.12. The van der Waals surface area contributed by atoms with Crippen LogP contribution in [0.5, 0.6) is 0 Å². The number of aryl methyl sites for hydroxylation is 2. The third kappa shape index (κ3) is 2.74. The average Bonchev–Trinajstić information content (AvgIpc) is 2.96. The number of ketones is 1. The van der Waals surface area contributed by atoms with Crippen molar-refractivity contribution in [3.8, 4) is 5.69 Å². The molecule has 1 aromatic heterocycles. The number of carbonyl (C=O) groups is 1. The molecular formula is C17H15N3O. The third-order valence-corrected chi connectivity index (χ3v) is 3.20. The summed E-state index contributed by atoms with van der Waals surface area (Å²) in [5.74, 6) is -0.107. The number of benzene rings is 2. The van der Waals surface area contributed by atoms with Gasteiger partial charge in [-0.05, 0) is 38.1 Å². The zero-order chi connectivity index (χ0) is 14.8. The van der Waals surface area contributed by atoms with E-state index in [2.05, 4.69) is 10.2 Å². The van der Waals surface area contributed by atoms with E-state index in [0.717, 1.165) is 16.8 Å². The van der Waals surface area contributed by atoms with Crippen molar-refractivity contribution in [2.45, 2.75) is 13.8 Å². The summed E-state index contributed by atoms with van der Waals surface area (Å²) in [5, 5.41) is 8.43. The van der Waals surface area contributed by atoms with Gasteiger partial charge >= 0.3 is 0 Å². The molecule has 0 bridgehead atoms. The zero-order valence-electron chi connectivity index (χ0n) is 11.9. The lowest BCUT2D eigenvalue weighted by Crippen LogP contribution is -2.05. The molecule has 0 radical (unpaired) electrons. The lowest BCUT2D eigenvalue weighted by atomic mass is 10.0. The molecule has 104 valence electrons. The van der Waals surface area contributed by atoms with Gasteiger partial charge in [-0.25, -0.2) is 0 Å². The molecule has 0 fully saturated rings. The Bertz CT molecular complexity index is 771. The molecule has 0 amide bonds. The van der Waals surface area contributed by atoms with Gasteiger partial charge in [0.25, 0.3) is 0 Å². The average molecular weight is 277 g/mol. The fraction of sp³-hybridized carbons (Fsp3) is 0.118. The Balaban J connectivity index is 1.94. The van der Waals surface area contributed by atoms with E-state index in [0.29, 0.717) is 11.3 Å². The van der Waals surface area contributed by atoms with Crippen molar-refractivity contribution in [1.82, 2.24) is 15.0 Å². The Labute approximate surface area is 123 Å². The van der Waals surface area contributed by atoms with E-state index in [4.69, 9.17) is 0 Å². The van der Waals surface area contributed by atoms with E-state index >= 15 is 0 Å². The van der Waals surface area contributed by atoms with Crippen LogP contribution in [-0.2, 0) is 0 Å². The molecule has 0 saturated heterocycles. The molecular weight excluding hydrogens is 262 g/mol. The smallest absolute Gasteiger partial charge is 0.214 e. The van der Waals surface area contributed by atoms with Crippen LogP contribution in [0.15, 0.2) is 54.7 Å². The summed E-state index contributed by atoms with van der Waals surface area (Å²) in [7, 11) is 0. The quantitative estimate of drug-likeness (QED) is 0.691. The van der Waals surface area contributed by atoms with E-state index in [9.17, 15) is 4.79 Å². The number of rotatable bonds is 3. The topological polar surface area (TPSA) is 47.8 Å². The Kier molecular flexibility index (Phi) is 3.36. The predicted molar refractivity (Wildman–Crippen MR) is 80.7 cm³/mol. The van der Waals surface area contributed by atoms with Gasteiger partial charge in [-0.1, -0.05) is 35.4 Å². The van der Waals surface area contributed by atoms with Crippen LogP contribution in [-0.4, -0.2) is 20.8 Å². The maximum absolute atomic E-state index is 12.5. The number of para-hydroxylation sites is 1. The molecule has 0 aliphatic rings. The van der Waals surface area contributed by atoms with Gasteiger partial charge in [-0.15, -0.1) is 5.10 Å². The summed E-state index contributed by atoms with van der Waals surface area (Å²) < 4.78 is 0. The maximum Gasteiger partial charge on any atom is 0.214 e. The van der Waals surface area contributed by atoms with Gasteiger partial charge in [0.05, 0.1) is 11.9 Å². The van der Waals surface area contributed by atoms with Crippen LogP contribution >= 0.6 is 0 Å². The molecule has 0 aliphatic heterocycles. The Hall–Kier alpha value is -2.75. The van der Waals surface area contributed by atoms with E-state index in [1.54, 1.807) is 0 Å². The Morgan fingerprint density at radius 2 is 1.67 bits per heavy atom. The SMILES string of the molecule is Cc1cc(C)cc(C(=O)c2cnn(-c3ccccc3)n2)c1. The van der Waals surface area contributed by atoms with E-state index < -0.39 is 0 Å². The summed E-state index contributed by atoms with van der Waals surface area (Å²) in [6.45, 7) is 3.95. The number of hydrogen-bond donors (Lipinski definition) is 0. The van der Waals surface area contributed by atoms with Crippen LogP contribution in [0, 0.1) is 13.8 Å². The van der Waals surface area contributed by atoms with Crippen molar-refractivity contribution in [3.05, 3.63) is 77.1 Å². The molecule has 21 heavy (non-hydrogen) atoms. The molecule has 0 N–H and O–H groups in total. The largest absolute Gasteiger partial charge is 0.287 e. The molecule has 1 heterocycles. The minimum atomic E-state index is -0.107. The van der Waals surface area contributed by atoms with Gasteiger partial charge in [0, 0.05) is 5.56 Å². The minimum Gasteiger partial charge on any atom is -0.287 e. The maximum atomic E-state index is 12.5. The first-order valence-electron chi connectivity index (χ1n) is 6.74. The number of hydrogen-bond acceptors (Lipinski definition) is 3. The van der Waals surface area contributed by atoms with Crippen LogP contribution in [0.25, 0.3) is 5.69 Å². The Morgan fingerprint density at radius 3 is 2.33 bits per heavy atom. The molecule has 2 aromatic carbocycles. The number of aromatic nitrogens is 3. The van der Waals surface area contributed by atoms with Crippen LogP contribution in [0.2, 0.25) is 0 Å². The van der Waals surface area contributed by atoms with E-state index in [1.165, 1.54) is 11.0 Å². The second kappa shape index (κ2) is 5.32. The van der Waals surface area contributed by atoms with E-state index in [-0.39, 0.29) is 5.78 Å². The normalized spacial score (nSPS) is 10.6. The van der Waals surface area contributed by atoms with Crippen molar-refractivity contribution in [2.75, 3.05) is 0 Å². The molecule has 4 heteroatoms. The summed E-state index contributed by atoms with van der Waals surface area (Å²) in [6.07, 6.45) is 1.51. The second-order valence-electron chi connectivity index (χ2n) is 5.06. The first kappa shape index (κ1) is 13.2. The van der Waals surface area contributed by atoms with Crippen LogP contribution in [0.3, 0.4) is 0 Å². The molecule has 0 unspecified atom stereocenters. The van der Waals surface area contributed by atoms with Gasteiger partial charge in [-0.3, -0.25) is 4.79 Å². The first-order valence-corrected chi connectivity index (χ1v) is 6.74. The van der Waals surface area contributed by atoms with Crippen molar-refractivity contribution in [2.24, 2.45) is 0 Å². The van der Waals surface area contributed by atoms with Gasteiger partial charge in [0.15, 0.2) is 5.69 Å².